The van der Waals surface area contributed by atoms with Crippen molar-refractivity contribution in [2.75, 3.05) is 13.7 Å². The van der Waals surface area contributed by atoms with E-state index in [1.165, 1.54) is 0 Å². The van der Waals surface area contributed by atoms with Gasteiger partial charge in [-0.25, -0.2) is 0 Å². The molecule has 19 heavy (non-hydrogen) atoms. The fourth-order valence-electron chi connectivity index (χ4n) is 2.17. The van der Waals surface area contributed by atoms with E-state index in [4.69, 9.17) is 0 Å². The van der Waals surface area contributed by atoms with Crippen LogP contribution in [0, 0.1) is 5.92 Å². The molecule has 0 saturated heterocycles. The standard InChI is InChI=1S/C16H25NO2/c1-5-12(2)15(14-9-7-6-8-10-14)16(19)17(4)13(3)11-18/h6-10,12-13,15,18H,5,11H2,1-4H3. The van der Waals surface area contributed by atoms with Crippen LogP contribution in [0.2, 0.25) is 0 Å². The van der Waals surface area contributed by atoms with Crippen molar-refractivity contribution in [1.82, 2.24) is 4.90 Å². The number of hydrogen-bond donors (Lipinski definition) is 1. The fraction of sp³-hybridized carbons (Fsp3) is 0.562. The number of rotatable bonds is 6. The minimum atomic E-state index is -0.150. The maximum Gasteiger partial charge on any atom is 0.230 e. The maximum atomic E-state index is 12.7. The molecule has 3 unspecified atom stereocenters. The summed E-state index contributed by atoms with van der Waals surface area (Å²) in [6, 6.07) is 9.75. The van der Waals surface area contributed by atoms with Gasteiger partial charge in [-0.15, -0.1) is 0 Å². The molecule has 0 radical (unpaired) electrons. The second-order valence-electron chi connectivity index (χ2n) is 5.25. The van der Waals surface area contributed by atoms with Gasteiger partial charge in [0.2, 0.25) is 5.91 Å². The third kappa shape index (κ3) is 3.80. The summed E-state index contributed by atoms with van der Waals surface area (Å²) >= 11 is 0. The number of nitrogens with zero attached hydrogens (tertiary/aromatic N) is 1. The first-order valence-electron chi connectivity index (χ1n) is 6.95. The number of aliphatic hydroxyl groups excluding tert-OH is 1. The highest BCUT2D eigenvalue weighted by atomic mass is 16.3. The lowest BCUT2D eigenvalue weighted by molar-refractivity contribution is -0.135. The molecule has 0 aliphatic heterocycles. The summed E-state index contributed by atoms with van der Waals surface area (Å²) in [4.78, 5) is 14.3. The molecule has 0 bridgehead atoms. The predicted octanol–water partition coefficient (Wildman–Crippen LogP) is 2.66. The Bertz CT molecular complexity index is 391. The lowest BCUT2D eigenvalue weighted by atomic mass is 9.84. The van der Waals surface area contributed by atoms with Crippen LogP contribution >= 0.6 is 0 Å². The maximum absolute atomic E-state index is 12.7. The van der Waals surface area contributed by atoms with E-state index in [2.05, 4.69) is 13.8 Å². The van der Waals surface area contributed by atoms with Crippen molar-refractivity contribution >= 4 is 5.91 Å². The van der Waals surface area contributed by atoms with Crippen molar-refractivity contribution in [2.24, 2.45) is 5.92 Å². The monoisotopic (exact) mass is 263 g/mol. The number of likely N-dealkylation sites (N-methyl/N-ethyl adjacent to an activating group) is 1. The Morgan fingerprint density at radius 3 is 2.32 bits per heavy atom. The summed E-state index contributed by atoms with van der Waals surface area (Å²) in [5.74, 6) is 0.232. The first kappa shape index (κ1) is 15.7. The third-order valence-corrected chi connectivity index (χ3v) is 3.91. The molecular formula is C16H25NO2. The predicted molar refractivity (Wildman–Crippen MR) is 78.0 cm³/mol. The second-order valence-corrected chi connectivity index (χ2v) is 5.25. The van der Waals surface area contributed by atoms with E-state index in [9.17, 15) is 9.90 Å². The highest BCUT2D eigenvalue weighted by molar-refractivity contribution is 5.84. The molecule has 3 heteroatoms. The topological polar surface area (TPSA) is 40.5 Å². The summed E-state index contributed by atoms with van der Waals surface area (Å²) in [6.45, 7) is 6.05. The molecule has 1 N–H and O–H groups in total. The van der Waals surface area contributed by atoms with Gasteiger partial charge in [0.1, 0.15) is 0 Å². The van der Waals surface area contributed by atoms with Gasteiger partial charge in [0, 0.05) is 7.05 Å². The Balaban J connectivity index is 3.02. The molecular weight excluding hydrogens is 238 g/mol. The van der Waals surface area contributed by atoms with E-state index in [0.29, 0.717) is 0 Å². The van der Waals surface area contributed by atoms with E-state index in [1.807, 2.05) is 37.3 Å². The van der Waals surface area contributed by atoms with Crippen LogP contribution in [0.1, 0.15) is 38.7 Å². The molecule has 0 spiro atoms. The van der Waals surface area contributed by atoms with Crippen molar-refractivity contribution < 1.29 is 9.90 Å². The van der Waals surface area contributed by atoms with Gasteiger partial charge in [0.05, 0.1) is 18.6 Å². The van der Waals surface area contributed by atoms with Gasteiger partial charge in [-0.3, -0.25) is 4.79 Å². The lowest BCUT2D eigenvalue weighted by Crippen LogP contribution is -2.41. The molecule has 1 aromatic carbocycles. The van der Waals surface area contributed by atoms with Crippen LogP contribution in [0.25, 0.3) is 0 Å². The summed E-state index contributed by atoms with van der Waals surface area (Å²) in [7, 11) is 1.77. The van der Waals surface area contributed by atoms with Crippen molar-refractivity contribution in [1.29, 1.82) is 0 Å². The SMILES string of the molecule is CCC(C)C(C(=O)N(C)C(C)CO)c1ccccc1. The molecule has 0 heterocycles. The van der Waals surface area contributed by atoms with Gasteiger partial charge in [-0.05, 0) is 18.4 Å². The second kappa shape index (κ2) is 7.29. The average molecular weight is 263 g/mol. The van der Waals surface area contributed by atoms with Crippen LogP contribution < -0.4 is 0 Å². The van der Waals surface area contributed by atoms with Gasteiger partial charge in [0.25, 0.3) is 0 Å². The number of carbonyl (C=O) groups excluding carboxylic acids is 1. The molecule has 0 saturated carbocycles. The Hall–Kier alpha value is -1.35. The molecule has 0 aliphatic rings. The summed E-state index contributed by atoms with van der Waals surface area (Å²) < 4.78 is 0. The van der Waals surface area contributed by atoms with Gasteiger partial charge >= 0.3 is 0 Å². The smallest absolute Gasteiger partial charge is 0.230 e. The molecule has 3 atom stereocenters. The minimum absolute atomic E-state index is 0.00967. The molecule has 1 amide bonds. The van der Waals surface area contributed by atoms with E-state index in [1.54, 1.807) is 11.9 Å². The highest BCUT2D eigenvalue weighted by Gasteiger charge is 2.29. The lowest BCUT2D eigenvalue weighted by Gasteiger charge is -2.31. The summed E-state index contributed by atoms with van der Waals surface area (Å²) in [6.07, 6.45) is 0.951. The first-order valence-corrected chi connectivity index (χ1v) is 6.95. The van der Waals surface area contributed by atoms with Crippen molar-refractivity contribution in [3.63, 3.8) is 0 Å². The number of benzene rings is 1. The molecule has 1 rings (SSSR count). The van der Waals surface area contributed by atoms with Gasteiger partial charge < -0.3 is 10.0 Å². The number of carbonyl (C=O) groups is 1. The summed E-state index contributed by atoms with van der Waals surface area (Å²) in [5.41, 5.74) is 1.05. The zero-order valence-corrected chi connectivity index (χ0v) is 12.3. The zero-order valence-electron chi connectivity index (χ0n) is 12.3. The van der Waals surface area contributed by atoms with Crippen molar-refractivity contribution in [3.05, 3.63) is 35.9 Å². The van der Waals surface area contributed by atoms with Crippen LogP contribution in [-0.2, 0) is 4.79 Å². The van der Waals surface area contributed by atoms with E-state index >= 15 is 0 Å². The van der Waals surface area contributed by atoms with Crippen LogP contribution in [-0.4, -0.2) is 35.6 Å². The van der Waals surface area contributed by atoms with Crippen LogP contribution in [0.5, 0.6) is 0 Å². The number of aliphatic hydroxyl groups is 1. The van der Waals surface area contributed by atoms with Crippen LogP contribution in [0.15, 0.2) is 30.3 Å². The molecule has 3 nitrogen and oxygen atoms in total. The van der Waals surface area contributed by atoms with Gasteiger partial charge in [-0.2, -0.15) is 0 Å². The Morgan fingerprint density at radius 1 is 1.26 bits per heavy atom. The zero-order chi connectivity index (χ0) is 14.4. The Labute approximate surface area is 116 Å². The Kier molecular flexibility index (Phi) is 6.03. The molecule has 0 aromatic heterocycles. The normalized spacial score (nSPS) is 15.6. The molecule has 0 aliphatic carbocycles. The minimum Gasteiger partial charge on any atom is -0.394 e. The Morgan fingerprint density at radius 2 is 1.84 bits per heavy atom. The average Bonchev–Trinajstić information content (AvgIpc) is 2.46. The largest absolute Gasteiger partial charge is 0.394 e. The number of amides is 1. The summed E-state index contributed by atoms with van der Waals surface area (Å²) in [5, 5.41) is 9.21. The van der Waals surface area contributed by atoms with E-state index < -0.39 is 0 Å². The van der Waals surface area contributed by atoms with Crippen molar-refractivity contribution in [2.45, 2.75) is 39.2 Å². The van der Waals surface area contributed by atoms with Crippen LogP contribution in [0.3, 0.4) is 0 Å². The molecule has 1 aromatic rings. The van der Waals surface area contributed by atoms with E-state index in [0.717, 1.165) is 12.0 Å². The van der Waals surface area contributed by atoms with Gasteiger partial charge in [0.15, 0.2) is 0 Å². The van der Waals surface area contributed by atoms with E-state index in [-0.39, 0.29) is 30.4 Å². The first-order chi connectivity index (χ1) is 9.02. The van der Waals surface area contributed by atoms with Crippen LogP contribution in [0.4, 0.5) is 0 Å². The highest BCUT2D eigenvalue weighted by Crippen LogP contribution is 2.29. The fourth-order valence-corrected chi connectivity index (χ4v) is 2.17. The third-order valence-electron chi connectivity index (χ3n) is 3.91. The number of hydrogen-bond acceptors (Lipinski definition) is 2. The molecule has 106 valence electrons. The van der Waals surface area contributed by atoms with Gasteiger partial charge in [-0.1, -0.05) is 50.6 Å². The van der Waals surface area contributed by atoms with Crippen molar-refractivity contribution in [3.8, 4) is 0 Å². The molecule has 0 fully saturated rings. The quantitative estimate of drug-likeness (QED) is 0.857.